The Morgan fingerprint density at radius 1 is 1.14 bits per heavy atom. The molecule has 0 fully saturated rings. The average molecular weight is 304 g/mol. The standard InChI is InChI=1S/C16H20N2O2S/c1-3-9-20-12-7-5-11(6-8-12)10-13-14(4-2)17-16(21)18-15(13)19/h5-8H,3-4,9-10H2,1-2H3,(H2,17,18,19,21). The summed E-state index contributed by atoms with van der Waals surface area (Å²) in [5, 5.41) is 0. The summed E-state index contributed by atoms with van der Waals surface area (Å²) < 4.78 is 5.94. The van der Waals surface area contributed by atoms with E-state index in [1.807, 2.05) is 31.2 Å². The van der Waals surface area contributed by atoms with Crippen molar-refractivity contribution in [2.75, 3.05) is 6.61 Å². The van der Waals surface area contributed by atoms with E-state index < -0.39 is 0 Å². The molecule has 2 N–H and O–H groups in total. The van der Waals surface area contributed by atoms with Crippen LogP contribution in [0.3, 0.4) is 0 Å². The van der Waals surface area contributed by atoms with E-state index in [0.717, 1.165) is 35.4 Å². The van der Waals surface area contributed by atoms with Crippen LogP contribution in [0.15, 0.2) is 29.1 Å². The van der Waals surface area contributed by atoms with Crippen molar-refractivity contribution in [3.8, 4) is 5.75 Å². The van der Waals surface area contributed by atoms with Gasteiger partial charge in [0, 0.05) is 17.7 Å². The van der Waals surface area contributed by atoms with E-state index in [-0.39, 0.29) is 5.56 Å². The van der Waals surface area contributed by atoms with Crippen LogP contribution in [0.2, 0.25) is 0 Å². The number of nitrogens with one attached hydrogen (secondary N) is 2. The van der Waals surface area contributed by atoms with Gasteiger partial charge in [0.25, 0.3) is 5.56 Å². The lowest BCUT2D eigenvalue weighted by molar-refractivity contribution is 0.317. The average Bonchev–Trinajstić information content (AvgIpc) is 2.48. The smallest absolute Gasteiger partial charge is 0.255 e. The van der Waals surface area contributed by atoms with Gasteiger partial charge in [-0.05, 0) is 42.8 Å². The largest absolute Gasteiger partial charge is 0.494 e. The Kier molecular flexibility index (Phi) is 5.33. The third-order valence-electron chi connectivity index (χ3n) is 3.26. The van der Waals surface area contributed by atoms with Gasteiger partial charge in [0.05, 0.1) is 6.61 Å². The molecule has 0 spiro atoms. The predicted octanol–water partition coefficient (Wildman–Crippen LogP) is 3.37. The Hall–Kier alpha value is -1.88. The minimum atomic E-state index is -0.109. The highest BCUT2D eigenvalue weighted by molar-refractivity contribution is 7.71. The lowest BCUT2D eigenvalue weighted by Gasteiger charge is -2.08. The maximum atomic E-state index is 12.1. The third-order valence-corrected chi connectivity index (χ3v) is 3.46. The summed E-state index contributed by atoms with van der Waals surface area (Å²) in [5.74, 6) is 0.859. The number of aromatic nitrogens is 2. The molecule has 0 aliphatic heterocycles. The van der Waals surface area contributed by atoms with E-state index in [2.05, 4.69) is 16.9 Å². The van der Waals surface area contributed by atoms with Crippen LogP contribution in [0.25, 0.3) is 0 Å². The first-order valence-electron chi connectivity index (χ1n) is 7.20. The molecule has 2 aromatic rings. The molecule has 0 saturated carbocycles. The van der Waals surface area contributed by atoms with E-state index >= 15 is 0 Å². The Labute approximate surface area is 129 Å². The molecule has 0 aliphatic carbocycles. The lowest BCUT2D eigenvalue weighted by Crippen LogP contribution is -2.18. The number of rotatable bonds is 6. The van der Waals surface area contributed by atoms with E-state index in [9.17, 15) is 4.79 Å². The summed E-state index contributed by atoms with van der Waals surface area (Å²) >= 11 is 5.01. The van der Waals surface area contributed by atoms with E-state index in [0.29, 0.717) is 17.8 Å². The number of ether oxygens (including phenoxy) is 1. The monoisotopic (exact) mass is 304 g/mol. The zero-order chi connectivity index (χ0) is 15.2. The fourth-order valence-corrected chi connectivity index (χ4v) is 2.39. The van der Waals surface area contributed by atoms with E-state index in [1.54, 1.807) is 0 Å². The number of benzene rings is 1. The summed E-state index contributed by atoms with van der Waals surface area (Å²) in [6, 6.07) is 7.86. The van der Waals surface area contributed by atoms with Gasteiger partial charge in [-0.25, -0.2) is 0 Å². The van der Waals surface area contributed by atoms with E-state index in [1.165, 1.54) is 0 Å². The minimum Gasteiger partial charge on any atom is -0.494 e. The van der Waals surface area contributed by atoms with Gasteiger partial charge >= 0.3 is 0 Å². The van der Waals surface area contributed by atoms with Gasteiger partial charge in [-0.1, -0.05) is 26.0 Å². The van der Waals surface area contributed by atoms with Gasteiger partial charge in [-0.2, -0.15) is 0 Å². The normalized spacial score (nSPS) is 10.6. The highest BCUT2D eigenvalue weighted by atomic mass is 32.1. The highest BCUT2D eigenvalue weighted by Gasteiger charge is 2.08. The SMILES string of the molecule is CCCOc1ccc(Cc2c(CC)[nH]c(=S)[nH]c2=O)cc1. The van der Waals surface area contributed by atoms with Crippen molar-refractivity contribution in [2.45, 2.75) is 33.1 Å². The molecule has 5 heteroatoms. The Morgan fingerprint density at radius 2 is 1.86 bits per heavy atom. The number of H-pyrrole nitrogens is 2. The second kappa shape index (κ2) is 7.22. The minimum absolute atomic E-state index is 0.109. The van der Waals surface area contributed by atoms with E-state index in [4.69, 9.17) is 17.0 Å². The van der Waals surface area contributed by atoms with Crippen LogP contribution in [-0.4, -0.2) is 16.6 Å². The van der Waals surface area contributed by atoms with Crippen molar-refractivity contribution < 1.29 is 4.74 Å². The van der Waals surface area contributed by atoms with Crippen LogP contribution >= 0.6 is 12.2 Å². The molecular weight excluding hydrogens is 284 g/mol. The number of hydrogen-bond acceptors (Lipinski definition) is 3. The molecule has 4 nitrogen and oxygen atoms in total. The molecule has 0 radical (unpaired) electrons. The first-order chi connectivity index (χ1) is 10.1. The summed E-state index contributed by atoms with van der Waals surface area (Å²) in [6.45, 7) is 4.80. The molecule has 1 heterocycles. The van der Waals surface area contributed by atoms with Gasteiger partial charge in [0.2, 0.25) is 0 Å². The molecule has 0 bridgehead atoms. The first-order valence-corrected chi connectivity index (χ1v) is 7.61. The van der Waals surface area contributed by atoms with Gasteiger partial charge in [-0.3, -0.25) is 9.78 Å². The topological polar surface area (TPSA) is 57.9 Å². The fourth-order valence-electron chi connectivity index (χ4n) is 2.18. The van der Waals surface area contributed by atoms with Crippen molar-refractivity contribution in [1.29, 1.82) is 0 Å². The second-order valence-corrected chi connectivity index (χ2v) is 5.30. The second-order valence-electron chi connectivity index (χ2n) is 4.89. The zero-order valence-corrected chi connectivity index (χ0v) is 13.2. The highest BCUT2D eigenvalue weighted by Crippen LogP contribution is 2.15. The van der Waals surface area contributed by atoms with Crippen LogP contribution in [0.5, 0.6) is 5.75 Å². The van der Waals surface area contributed by atoms with Gasteiger partial charge < -0.3 is 9.72 Å². The Morgan fingerprint density at radius 3 is 2.48 bits per heavy atom. The number of aromatic amines is 2. The molecule has 21 heavy (non-hydrogen) atoms. The Balaban J connectivity index is 2.22. The number of hydrogen-bond donors (Lipinski definition) is 2. The van der Waals surface area contributed by atoms with Crippen LogP contribution < -0.4 is 10.3 Å². The molecule has 0 saturated heterocycles. The summed E-state index contributed by atoms with van der Waals surface area (Å²) in [4.78, 5) is 17.8. The number of aryl methyl sites for hydroxylation is 1. The van der Waals surface area contributed by atoms with Crippen molar-refractivity contribution in [3.05, 3.63) is 56.2 Å². The summed E-state index contributed by atoms with van der Waals surface area (Å²) in [6.07, 6.45) is 2.32. The zero-order valence-electron chi connectivity index (χ0n) is 12.4. The first kappa shape index (κ1) is 15.5. The van der Waals surface area contributed by atoms with Gasteiger partial charge in [-0.15, -0.1) is 0 Å². The maximum Gasteiger partial charge on any atom is 0.255 e. The van der Waals surface area contributed by atoms with Crippen LogP contribution in [0, 0.1) is 4.77 Å². The van der Waals surface area contributed by atoms with Crippen molar-refractivity contribution in [1.82, 2.24) is 9.97 Å². The maximum absolute atomic E-state index is 12.1. The summed E-state index contributed by atoms with van der Waals surface area (Å²) in [5.41, 5.74) is 2.61. The molecule has 0 unspecified atom stereocenters. The molecule has 0 atom stereocenters. The van der Waals surface area contributed by atoms with Gasteiger partial charge in [0.1, 0.15) is 5.75 Å². The van der Waals surface area contributed by atoms with Crippen LogP contribution in [0.4, 0.5) is 0 Å². The fraction of sp³-hybridized carbons (Fsp3) is 0.375. The van der Waals surface area contributed by atoms with Crippen molar-refractivity contribution in [3.63, 3.8) is 0 Å². The molecule has 1 aromatic heterocycles. The third kappa shape index (κ3) is 4.04. The molecule has 0 amide bonds. The molecular formula is C16H20N2O2S. The molecule has 1 aromatic carbocycles. The quantitative estimate of drug-likeness (QED) is 0.804. The van der Waals surface area contributed by atoms with Crippen LogP contribution in [0.1, 0.15) is 37.1 Å². The lowest BCUT2D eigenvalue weighted by atomic mass is 10.0. The molecule has 0 aliphatic rings. The predicted molar refractivity (Wildman–Crippen MR) is 86.7 cm³/mol. The summed E-state index contributed by atoms with van der Waals surface area (Å²) in [7, 11) is 0. The van der Waals surface area contributed by atoms with Crippen molar-refractivity contribution >= 4 is 12.2 Å². The van der Waals surface area contributed by atoms with Crippen LogP contribution in [-0.2, 0) is 12.8 Å². The van der Waals surface area contributed by atoms with Gasteiger partial charge in [0.15, 0.2) is 4.77 Å². The molecule has 2 rings (SSSR count). The Bertz CT molecular complexity index is 701. The molecule has 112 valence electrons. The van der Waals surface area contributed by atoms with Crippen molar-refractivity contribution in [2.24, 2.45) is 0 Å².